The molecule has 0 aliphatic heterocycles. The summed E-state index contributed by atoms with van der Waals surface area (Å²) in [5, 5.41) is 11.3. The van der Waals surface area contributed by atoms with Gasteiger partial charge in [0.1, 0.15) is 5.82 Å². The van der Waals surface area contributed by atoms with Gasteiger partial charge < -0.3 is 10.1 Å². The zero-order valence-corrected chi connectivity index (χ0v) is 14.5. The van der Waals surface area contributed by atoms with Gasteiger partial charge in [0, 0.05) is 10.7 Å². The van der Waals surface area contributed by atoms with Crippen LogP contribution in [0.3, 0.4) is 0 Å². The lowest BCUT2D eigenvalue weighted by molar-refractivity contribution is 0.0519. The fraction of sp³-hybridized carbons (Fsp3) is 0.111. The third kappa shape index (κ3) is 3.94. The molecule has 3 aromatic rings. The molecule has 0 atom stereocenters. The molecule has 26 heavy (non-hydrogen) atoms. The quantitative estimate of drug-likeness (QED) is 0.674. The van der Waals surface area contributed by atoms with Crippen LogP contribution in [0.1, 0.15) is 17.4 Å². The van der Waals surface area contributed by atoms with Gasteiger partial charge in [0.2, 0.25) is 5.69 Å². The molecule has 0 radical (unpaired) electrons. The number of halogens is 2. The molecule has 0 saturated heterocycles. The Morgan fingerprint density at radius 2 is 1.88 bits per heavy atom. The van der Waals surface area contributed by atoms with Crippen LogP contribution in [0.4, 0.5) is 15.9 Å². The summed E-state index contributed by atoms with van der Waals surface area (Å²) < 4.78 is 19.0. The molecule has 0 aliphatic rings. The molecule has 0 unspecified atom stereocenters. The maximum atomic E-state index is 14.0. The molecule has 0 fully saturated rings. The number of ether oxygens (including phenoxy) is 1. The second-order valence-corrected chi connectivity index (χ2v) is 5.60. The lowest BCUT2D eigenvalue weighted by atomic mass is 10.2. The van der Waals surface area contributed by atoms with Crippen LogP contribution >= 0.6 is 11.6 Å². The zero-order valence-electron chi connectivity index (χ0n) is 13.7. The van der Waals surface area contributed by atoms with Crippen LogP contribution in [0.25, 0.3) is 11.4 Å². The van der Waals surface area contributed by atoms with Crippen LogP contribution in [0, 0.1) is 5.82 Å². The maximum Gasteiger partial charge on any atom is 0.362 e. The van der Waals surface area contributed by atoms with E-state index < -0.39 is 11.8 Å². The Kier molecular flexibility index (Phi) is 5.38. The number of nitrogens with one attached hydrogen (secondary N) is 1. The predicted octanol–water partition coefficient (Wildman–Crippen LogP) is 4.25. The van der Waals surface area contributed by atoms with E-state index in [4.69, 9.17) is 16.3 Å². The number of hydrogen-bond donors (Lipinski definition) is 1. The summed E-state index contributed by atoms with van der Waals surface area (Å²) in [6, 6.07) is 12.8. The minimum Gasteiger partial charge on any atom is -0.461 e. The molecule has 0 amide bonds. The van der Waals surface area contributed by atoms with Crippen molar-refractivity contribution in [2.24, 2.45) is 0 Å². The molecule has 2 aromatic carbocycles. The minimum absolute atomic E-state index is 0.0487. The summed E-state index contributed by atoms with van der Waals surface area (Å²) >= 11 is 5.88. The fourth-order valence-electron chi connectivity index (χ4n) is 2.18. The first-order chi connectivity index (χ1) is 12.6. The van der Waals surface area contributed by atoms with Gasteiger partial charge in [-0.3, -0.25) is 0 Å². The summed E-state index contributed by atoms with van der Waals surface area (Å²) in [6.07, 6.45) is 0. The number of hydrogen-bond acceptors (Lipinski definition) is 6. The SMILES string of the molecule is CCOC(=O)c1nnc(-c2ccccc2F)nc1Nc1ccc(Cl)cc1. The highest BCUT2D eigenvalue weighted by molar-refractivity contribution is 6.30. The van der Waals surface area contributed by atoms with E-state index >= 15 is 0 Å². The molecule has 8 heteroatoms. The number of carbonyl (C=O) groups excluding carboxylic acids is 1. The first kappa shape index (κ1) is 17.8. The molecule has 6 nitrogen and oxygen atoms in total. The monoisotopic (exact) mass is 372 g/mol. The topological polar surface area (TPSA) is 77.0 Å². The van der Waals surface area contributed by atoms with Crippen LogP contribution in [0.15, 0.2) is 48.5 Å². The summed E-state index contributed by atoms with van der Waals surface area (Å²) in [7, 11) is 0. The number of aromatic nitrogens is 3. The van der Waals surface area contributed by atoms with Crippen molar-refractivity contribution in [3.63, 3.8) is 0 Å². The van der Waals surface area contributed by atoms with Crippen LogP contribution in [-0.2, 0) is 4.74 Å². The summed E-state index contributed by atoms with van der Waals surface area (Å²) in [4.78, 5) is 16.4. The van der Waals surface area contributed by atoms with Gasteiger partial charge in [0.15, 0.2) is 11.6 Å². The Balaban J connectivity index is 2.04. The van der Waals surface area contributed by atoms with Crippen LogP contribution in [0.5, 0.6) is 0 Å². The van der Waals surface area contributed by atoms with Crippen molar-refractivity contribution in [3.05, 3.63) is 65.1 Å². The van der Waals surface area contributed by atoms with E-state index in [1.807, 2.05) is 0 Å². The van der Waals surface area contributed by atoms with Gasteiger partial charge in [-0.05, 0) is 43.3 Å². The highest BCUT2D eigenvalue weighted by Gasteiger charge is 2.20. The van der Waals surface area contributed by atoms with E-state index in [1.54, 1.807) is 43.3 Å². The molecule has 1 aromatic heterocycles. The highest BCUT2D eigenvalue weighted by atomic mass is 35.5. The lowest BCUT2D eigenvalue weighted by Crippen LogP contribution is -2.14. The number of nitrogens with zero attached hydrogens (tertiary/aromatic N) is 3. The largest absolute Gasteiger partial charge is 0.461 e. The molecular formula is C18H14ClFN4O2. The van der Waals surface area contributed by atoms with Crippen LogP contribution in [-0.4, -0.2) is 27.8 Å². The van der Waals surface area contributed by atoms with Crippen molar-refractivity contribution in [2.45, 2.75) is 6.92 Å². The highest BCUT2D eigenvalue weighted by Crippen LogP contribution is 2.24. The van der Waals surface area contributed by atoms with Crippen molar-refractivity contribution >= 4 is 29.1 Å². The molecule has 1 heterocycles. The molecule has 0 bridgehead atoms. The van der Waals surface area contributed by atoms with Gasteiger partial charge in [-0.15, -0.1) is 10.2 Å². The van der Waals surface area contributed by atoms with E-state index in [1.165, 1.54) is 12.1 Å². The number of benzene rings is 2. The molecule has 3 rings (SSSR count). The number of rotatable bonds is 5. The Morgan fingerprint density at radius 3 is 2.58 bits per heavy atom. The molecule has 0 spiro atoms. The second-order valence-electron chi connectivity index (χ2n) is 5.16. The standard InChI is InChI=1S/C18H14ClFN4O2/c1-2-26-18(25)15-17(21-12-9-7-11(19)8-10-12)22-16(24-23-15)13-5-3-4-6-14(13)20/h3-10H,2H2,1H3,(H,21,22,24). The average Bonchev–Trinajstić information content (AvgIpc) is 2.64. The first-order valence-electron chi connectivity index (χ1n) is 7.78. The Hall–Kier alpha value is -3.06. The van der Waals surface area contributed by atoms with Crippen molar-refractivity contribution in [1.82, 2.24) is 15.2 Å². The molecule has 0 saturated carbocycles. The molecular weight excluding hydrogens is 359 g/mol. The van der Waals surface area contributed by atoms with Crippen molar-refractivity contribution in [2.75, 3.05) is 11.9 Å². The van der Waals surface area contributed by atoms with Gasteiger partial charge >= 0.3 is 5.97 Å². The van der Waals surface area contributed by atoms with Gasteiger partial charge in [-0.25, -0.2) is 14.2 Å². The van der Waals surface area contributed by atoms with E-state index in [2.05, 4.69) is 20.5 Å². The Labute approximate surface area is 154 Å². The molecule has 1 N–H and O–H groups in total. The normalized spacial score (nSPS) is 10.4. The van der Waals surface area contributed by atoms with E-state index in [0.717, 1.165) is 0 Å². The van der Waals surface area contributed by atoms with Crippen molar-refractivity contribution in [1.29, 1.82) is 0 Å². The summed E-state index contributed by atoms with van der Waals surface area (Å²) in [6.45, 7) is 1.86. The van der Waals surface area contributed by atoms with Gasteiger partial charge in [0.25, 0.3) is 0 Å². The number of carbonyl (C=O) groups is 1. The predicted molar refractivity (Wildman–Crippen MR) is 95.9 cm³/mol. The van der Waals surface area contributed by atoms with Gasteiger partial charge in [-0.1, -0.05) is 23.7 Å². The van der Waals surface area contributed by atoms with Gasteiger partial charge in [-0.2, -0.15) is 0 Å². The third-order valence-corrected chi connectivity index (χ3v) is 3.63. The average molecular weight is 373 g/mol. The van der Waals surface area contributed by atoms with Gasteiger partial charge in [0.05, 0.1) is 12.2 Å². The van der Waals surface area contributed by atoms with E-state index in [0.29, 0.717) is 10.7 Å². The first-order valence-corrected chi connectivity index (χ1v) is 8.15. The summed E-state index contributed by atoms with van der Waals surface area (Å²) in [5.74, 6) is -1.01. The van der Waals surface area contributed by atoms with Crippen molar-refractivity contribution < 1.29 is 13.9 Å². The summed E-state index contributed by atoms with van der Waals surface area (Å²) in [5.41, 5.74) is 0.705. The van der Waals surface area contributed by atoms with Crippen LogP contribution in [0.2, 0.25) is 5.02 Å². The molecule has 132 valence electrons. The van der Waals surface area contributed by atoms with Crippen LogP contribution < -0.4 is 5.32 Å². The Bertz CT molecular complexity index is 935. The van der Waals surface area contributed by atoms with E-state index in [-0.39, 0.29) is 29.5 Å². The molecule has 0 aliphatic carbocycles. The third-order valence-electron chi connectivity index (χ3n) is 3.38. The smallest absolute Gasteiger partial charge is 0.362 e. The van der Waals surface area contributed by atoms with Crippen molar-refractivity contribution in [3.8, 4) is 11.4 Å². The maximum absolute atomic E-state index is 14.0. The van der Waals surface area contributed by atoms with E-state index in [9.17, 15) is 9.18 Å². The lowest BCUT2D eigenvalue weighted by Gasteiger charge is -2.11. The zero-order chi connectivity index (χ0) is 18.5. The number of anilines is 2. The second kappa shape index (κ2) is 7.88. The minimum atomic E-state index is -0.677. The Morgan fingerprint density at radius 1 is 1.15 bits per heavy atom. The number of esters is 1. The fourth-order valence-corrected chi connectivity index (χ4v) is 2.30.